The van der Waals surface area contributed by atoms with Crippen molar-refractivity contribution in [1.29, 1.82) is 0 Å². The molecule has 0 aliphatic rings. The first-order chi connectivity index (χ1) is 4.45. The Morgan fingerprint density at radius 2 is 1.90 bits per heavy atom. The van der Waals surface area contributed by atoms with Crippen LogP contribution in [0.15, 0.2) is 0 Å². The fourth-order valence-corrected chi connectivity index (χ4v) is 1.79. The number of hydrogen-bond acceptors (Lipinski definition) is 2. The standard InChI is InChI=1S/C7H15O2P/c1-4-5-7(8)6-10(2,3)9/h4-6H2,1-3H3. The monoisotopic (exact) mass is 162 g/mol. The van der Waals surface area contributed by atoms with Crippen LogP contribution in [0.4, 0.5) is 0 Å². The minimum absolute atomic E-state index is 0.135. The quantitative estimate of drug-likeness (QED) is 0.592. The van der Waals surface area contributed by atoms with E-state index in [0.717, 1.165) is 6.42 Å². The second-order valence-corrected chi connectivity index (χ2v) is 6.48. The van der Waals surface area contributed by atoms with Gasteiger partial charge in [0.15, 0.2) is 0 Å². The minimum atomic E-state index is -2.10. The van der Waals surface area contributed by atoms with E-state index < -0.39 is 7.14 Å². The summed E-state index contributed by atoms with van der Waals surface area (Å²) >= 11 is 0. The molecule has 0 saturated heterocycles. The largest absolute Gasteiger partial charge is 0.324 e. The van der Waals surface area contributed by atoms with Crippen molar-refractivity contribution in [3.05, 3.63) is 0 Å². The molecule has 0 aromatic carbocycles. The zero-order valence-electron chi connectivity index (χ0n) is 6.89. The predicted octanol–water partition coefficient (Wildman–Crippen LogP) is 1.98. The molecule has 0 spiro atoms. The Morgan fingerprint density at radius 1 is 1.40 bits per heavy atom. The minimum Gasteiger partial charge on any atom is -0.324 e. The van der Waals surface area contributed by atoms with Crippen LogP contribution in [0.1, 0.15) is 19.8 Å². The van der Waals surface area contributed by atoms with Gasteiger partial charge >= 0.3 is 0 Å². The first-order valence-corrected chi connectivity index (χ1v) is 6.30. The number of ketones is 1. The van der Waals surface area contributed by atoms with Crippen LogP contribution < -0.4 is 0 Å². The Bertz CT molecular complexity index is 157. The topological polar surface area (TPSA) is 34.1 Å². The fourth-order valence-electron chi connectivity index (χ4n) is 0.783. The van der Waals surface area contributed by atoms with Gasteiger partial charge in [-0.25, -0.2) is 0 Å². The number of hydrogen-bond donors (Lipinski definition) is 0. The Balaban J connectivity index is 3.70. The van der Waals surface area contributed by atoms with Gasteiger partial charge in [-0.05, 0) is 19.8 Å². The molecule has 2 nitrogen and oxygen atoms in total. The van der Waals surface area contributed by atoms with Crippen LogP contribution in [0, 0.1) is 0 Å². The van der Waals surface area contributed by atoms with Crippen LogP contribution in [0.3, 0.4) is 0 Å². The Morgan fingerprint density at radius 3 is 2.20 bits per heavy atom. The van der Waals surface area contributed by atoms with Gasteiger partial charge in [-0.15, -0.1) is 0 Å². The molecule has 0 N–H and O–H groups in total. The lowest BCUT2D eigenvalue weighted by Gasteiger charge is -2.02. The second-order valence-electron chi connectivity index (χ2n) is 3.02. The molecule has 0 fully saturated rings. The summed E-state index contributed by atoms with van der Waals surface area (Å²) in [6.07, 6.45) is 1.71. The van der Waals surface area contributed by atoms with Gasteiger partial charge in [0.05, 0.1) is 13.3 Å². The SMILES string of the molecule is CCCC(=O)CP(C)(C)=O. The summed E-state index contributed by atoms with van der Waals surface area (Å²) in [5, 5.41) is 0. The van der Waals surface area contributed by atoms with Crippen LogP contribution >= 0.6 is 7.14 Å². The molecular formula is C7H15O2P. The first kappa shape index (κ1) is 9.90. The van der Waals surface area contributed by atoms with E-state index in [1.165, 1.54) is 0 Å². The van der Waals surface area contributed by atoms with Crippen LogP contribution in [0.2, 0.25) is 0 Å². The van der Waals surface area contributed by atoms with E-state index in [1.807, 2.05) is 6.92 Å². The molecule has 0 amide bonds. The molecule has 0 aliphatic heterocycles. The van der Waals surface area contributed by atoms with Crippen molar-refractivity contribution in [3.63, 3.8) is 0 Å². The maximum atomic E-state index is 11.1. The molecule has 0 bridgehead atoms. The zero-order chi connectivity index (χ0) is 8.20. The van der Waals surface area contributed by atoms with Gasteiger partial charge in [-0.3, -0.25) is 4.79 Å². The van der Waals surface area contributed by atoms with Gasteiger partial charge in [0.25, 0.3) is 0 Å². The normalized spacial score (nSPS) is 11.5. The van der Waals surface area contributed by atoms with Crippen molar-refractivity contribution < 1.29 is 9.36 Å². The van der Waals surface area contributed by atoms with E-state index in [4.69, 9.17) is 0 Å². The molecule has 10 heavy (non-hydrogen) atoms. The highest BCUT2D eigenvalue weighted by molar-refractivity contribution is 7.63. The molecule has 0 rings (SSSR count). The van der Waals surface area contributed by atoms with Crippen molar-refractivity contribution in [2.45, 2.75) is 19.8 Å². The van der Waals surface area contributed by atoms with Crippen LogP contribution in [0.25, 0.3) is 0 Å². The lowest BCUT2D eigenvalue weighted by molar-refractivity contribution is -0.116. The fraction of sp³-hybridized carbons (Fsp3) is 0.857. The van der Waals surface area contributed by atoms with Gasteiger partial charge in [0.2, 0.25) is 0 Å². The smallest absolute Gasteiger partial charge is 0.140 e. The van der Waals surface area contributed by atoms with Gasteiger partial charge in [0, 0.05) is 6.42 Å². The molecule has 0 unspecified atom stereocenters. The van der Waals surface area contributed by atoms with Crippen molar-refractivity contribution >= 4 is 12.9 Å². The third-order valence-corrected chi connectivity index (χ3v) is 2.20. The Labute approximate surface area is 62.4 Å². The summed E-state index contributed by atoms with van der Waals surface area (Å²) in [6, 6.07) is 0. The van der Waals surface area contributed by atoms with Crippen LogP contribution in [-0.2, 0) is 9.36 Å². The highest BCUT2D eigenvalue weighted by atomic mass is 31.2. The predicted molar refractivity (Wildman–Crippen MR) is 44.2 cm³/mol. The molecule has 60 valence electrons. The summed E-state index contributed by atoms with van der Waals surface area (Å²) in [4.78, 5) is 10.9. The average Bonchev–Trinajstić information content (AvgIpc) is 1.59. The van der Waals surface area contributed by atoms with Gasteiger partial charge in [-0.1, -0.05) is 6.92 Å². The maximum absolute atomic E-state index is 11.1. The number of rotatable bonds is 4. The molecule has 0 aromatic heterocycles. The third kappa shape index (κ3) is 6.03. The highest BCUT2D eigenvalue weighted by Gasteiger charge is 2.12. The Kier molecular flexibility index (Phi) is 3.88. The van der Waals surface area contributed by atoms with E-state index in [2.05, 4.69) is 0 Å². The van der Waals surface area contributed by atoms with Crippen molar-refractivity contribution in [3.8, 4) is 0 Å². The van der Waals surface area contributed by atoms with E-state index in [1.54, 1.807) is 13.3 Å². The van der Waals surface area contributed by atoms with Crippen LogP contribution in [0.5, 0.6) is 0 Å². The van der Waals surface area contributed by atoms with Crippen molar-refractivity contribution in [2.24, 2.45) is 0 Å². The molecule has 3 heteroatoms. The molecule has 0 radical (unpaired) electrons. The van der Waals surface area contributed by atoms with E-state index in [0.29, 0.717) is 6.42 Å². The lowest BCUT2D eigenvalue weighted by Crippen LogP contribution is -2.03. The molecule has 0 atom stereocenters. The number of carbonyl (C=O) groups excluding carboxylic acids is 1. The summed E-state index contributed by atoms with van der Waals surface area (Å²) in [5.74, 6) is 0.135. The maximum Gasteiger partial charge on any atom is 0.140 e. The van der Waals surface area contributed by atoms with Crippen LogP contribution in [-0.4, -0.2) is 25.3 Å². The number of Topliss-reactive ketones (excluding diaryl/α,β-unsaturated/α-hetero) is 1. The van der Waals surface area contributed by atoms with E-state index in [-0.39, 0.29) is 11.9 Å². The molecule has 0 aliphatic carbocycles. The summed E-state index contributed by atoms with van der Waals surface area (Å²) in [6.45, 7) is 5.26. The summed E-state index contributed by atoms with van der Waals surface area (Å²) in [7, 11) is -2.10. The van der Waals surface area contributed by atoms with Crippen molar-refractivity contribution in [1.82, 2.24) is 0 Å². The Hall–Kier alpha value is -0.100. The number of carbonyl (C=O) groups is 1. The first-order valence-electron chi connectivity index (χ1n) is 3.51. The average molecular weight is 162 g/mol. The third-order valence-electron chi connectivity index (χ3n) is 1.09. The van der Waals surface area contributed by atoms with E-state index >= 15 is 0 Å². The molecule has 0 aromatic rings. The summed E-state index contributed by atoms with van der Waals surface area (Å²) in [5.41, 5.74) is 0. The lowest BCUT2D eigenvalue weighted by atomic mass is 10.3. The van der Waals surface area contributed by atoms with Gasteiger partial charge < -0.3 is 4.57 Å². The highest BCUT2D eigenvalue weighted by Crippen LogP contribution is 2.35. The summed E-state index contributed by atoms with van der Waals surface area (Å²) < 4.78 is 11.1. The van der Waals surface area contributed by atoms with Gasteiger partial charge in [-0.2, -0.15) is 0 Å². The van der Waals surface area contributed by atoms with E-state index in [9.17, 15) is 9.36 Å². The zero-order valence-corrected chi connectivity index (χ0v) is 7.78. The van der Waals surface area contributed by atoms with Gasteiger partial charge in [0.1, 0.15) is 5.78 Å². The molecular weight excluding hydrogens is 147 g/mol. The molecule has 0 saturated carbocycles. The molecule has 0 heterocycles. The second kappa shape index (κ2) is 3.92. The van der Waals surface area contributed by atoms with Crippen molar-refractivity contribution in [2.75, 3.05) is 19.5 Å².